The predicted molar refractivity (Wildman–Crippen MR) is 86.5 cm³/mol. The number of rotatable bonds is 6. The minimum Gasteiger partial charge on any atom is -0.389 e. The van der Waals surface area contributed by atoms with E-state index in [1.165, 1.54) is 0 Å². The molecule has 0 aliphatic rings. The van der Waals surface area contributed by atoms with E-state index >= 15 is 0 Å². The molecule has 0 heterocycles. The van der Waals surface area contributed by atoms with Gasteiger partial charge in [0.15, 0.2) is 0 Å². The number of benzene rings is 1. The molecule has 0 spiro atoms. The van der Waals surface area contributed by atoms with Crippen LogP contribution in [0.2, 0.25) is 0 Å². The quantitative estimate of drug-likeness (QED) is 0.847. The van der Waals surface area contributed by atoms with Gasteiger partial charge in [0.1, 0.15) is 0 Å². The van der Waals surface area contributed by atoms with Crippen LogP contribution in [0.3, 0.4) is 0 Å². The second-order valence-electron chi connectivity index (χ2n) is 5.63. The minimum absolute atomic E-state index is 0.100. The molecule has 5 nitrogen and oxygen atoms in total. The zero-order valence-corrected chi connectivity index (χ0v) is 13.6. The van der Waals surface area contributed by atoms with Gasteiger partial charge in [0, 0.05) is 24.8 Å². The minimum atomic E-state index is -0.498. The first-order valence-corrected chi connectivity index (χ1v) is 7.35. The molecule has 0 radical (unpaired) electrons. The Balaban J connectivity index is 2.69. The van der Waals surface area contributed by atoms with Crippen LogP contribution in [0.25, 0.3) is 0 Å². The normalized spacial score (nSPS) is 13.9. The highest BCUT2D eigenvalue weighted by atomic mass is 16.3. The molecule has 5 heteroatoms. The van der Waals surface area contributed by atoms with Crippen LogP contribution >= 0.6 is 0 Å². The van der Waals surface area contributed by atoms with E-state index in [0.29, 0.717) is 6.54 Å². The lowest BCUT2D eigenvalue weighted by atomic mass is 10.1. The van der Waals surface area contributed by atoms with Crippen LogP contribution in [0.4, 0.5) is 10.5 Å². The number of urea groups is 1. The average molecular weight is 293 g/mol. The topological polar surface area (TPSA) is 55.8 Å². The number of aliphatic hydroxyl groups excluding tert-OH is 1. The Labute approximate surface area is 127 Å². The molecule has 2 atom stereocenters. The first-order valence-electron chi connectivity index (χ1n) is 7.35. The van der Waals surface area contributed by atoms with Crippen molar-refractivity contribution in [1.82, 2.24) is 9.80 Å². The van der Waals surface area contributed by atoms with Gasteiger partial charge in [-0.3, -0.25) is 0 Å². The number of nitrogens with zero attached hydrogens (tertiary/aromatic N) is 2. The highest BCUT2D eigenvalue weighted by molar-refractivity contribution is 5.89. The largest absolute Gasteiger partial charge is 0.389 e. The summed E-state index contributed by atoms with van der Waals surface area (Å²) in [5.74, 6) is 0. The van der Waals surface area contributed by atoms with E-state index in [-0.39, 0.29) is 12.1 Å². The average Bonchev–Trinajstić information content (AvgIpc) is 2.39. The van der Waals surface area contributed by atoms with Gasteiger partial charge in [0.05, 0.1) is 6.10 Å². The smallest absolute Gasteiger partial charge is 0.322 e. The van der Waals surface area contributed by atoms with E-state index < -0.39 is 6.10 Å². The van der Waals surface area contributed by atoms with Crippen molar-refractivity contribution in [3.63, 3.8) is 0 Å². The molecule has 0 aromatic heterocycles. The number of amides is 2. The molecular weight excluding hydrogens is 266 g/mol. The highest BCUT2D eigenvalue weighted by Crippen LogP contribution is 2.16. The number of carbonyl (C=O) groups excluding carboxylic acids is 1. The Morgan fingerprint density at radius 2 is 1.81 bits per heavy atom. The summed E-state index contributed by atoms with van der Waals surface area (Å²) < 4.78 is 0. The molecule has 118 valence electrons. The molecule has 0 aliphatic heterocycles. The molecular formula is C16H27N3O2. The van der Waals surface area contributed by atoms with Gasteiger partial charge in [-0.05, 0) is 52.6 Å². The first-order chi connectivity index (χ1) is 9.85. The lowest BCUT2D eigenvalue weighted by Crippen LogP contribution is -2.45. The summed E-state index contributed by atoms with van der Waals surface area (Å²) in [4.78, 5) is 16.2. The number of nitrogens with one attached hydrogen (secondary N) is 1. The fourth-order valence-corrected chi connectivity index (χ4v) is 2.32. The molecule has 0 aliphatic carbocycles. The third-order valence-corrected chi connectivity index (χ3v) is 3.41. The monoisotopic (exact) mass is 293 g/mol. The van der Waals surface area contributed by atoms with Gasteiger partial charge >= 0.3 is 6.03 Å². The molecule has 21 heavy (non-hydrogen) atoms. The van der Waals surface area contributed by atoms with Crippen LogP contribution in [0.1, 0.15) is 32.4 Å². The molecule has 0 saturated carbocycles. The van der Waals surface area contributed by atoms with E-state index in [2.05, 4.69) is 10.2 Å². The van der Waals surface area contributed by atoms with E-state index in [9.17, 15) is 9.90 Å². The van der Waals surface area contributed by atoms with Crippen molar-refractivity contribution in [3.8, 4) is 0 Å². The summed E-state index contributed by atoms with van der Waals surface area (Å²) in [7, 11) is 3.99. The fraction of sp³-hybridized carbons (Fsp3) is 0.562. The molecule has 1 aromatic rings. The van der Waals surface area contributed by atoms with Crippen molar-refractivity contribution in [2.45, 2.75) is 32.9 Å². The summed E-state index contributed by atoms with van der Waals surface area (Å²) in [5, 5.41) is 12.4. The third kappa shape index (κ3) is 5.36. The number of hydrogen-bond donors (Lipinski definition) is 2. The lowest BCUT2D eigenvalue weighted by molar-refractivity contribution is 0.181. The summed E-state index contributed by atoms with van der Waals surface area (Å²) in [5.41, 5.74) is 1.57. The van der Waals surface area contributed by atoms with Crippen LogP contribution in [-0.2, 0) is 0 Å². The van der Waals surface area contributed by atoms with Crippen LogP contribution in [0.15, 0.2) is 24.3 Å². The van der Waals surface area contributed by atoms with Gasteiger partial charge in [0.2, 0.25) is 0 Å². The Morgan fingerprint density at radius 3 is 2.24 bits per heavy atom. The summed E-state index contributed by atoms with van der Waals surface area (Å²) in [6, 6.07) is 7.30. The number of carbonyl (C=O) groups is 1. The van der Waals surface area contributed by atoms with Gasteiger partial charge in [-0.2, -0.15) is 0 Å². The van der Waals surface area contributed by atoms with Crippen LogP contribution in [0, 0.1) is 0 Å². The number of likely N-dealkylation sites (N-methyl/N-ethyl adjacent to an activating group) is 2. The fourth-order valence-electron chi connectivity index (χ4n) is 2.32. The Morgan fingerprint density at radius 1 is 1.24 bits per heavy atom. The van der Waals surface area contributed by atoms with Gasteiger partial charge in [0.25, 0.3) is 0 Å². The molecule has 0 bridgehead atoms. The van der Waals surface area contributed by atoms with E-state index in [1.54, 1.807) is 6.92 Å². The van der Waals surface area contributed by atoms with Gasteiger partial charge in [-0.15, -0.1) is 0 Å². The Hall–Kier alpha value is -1.59. The van der Waals surface area contributed by atoms with Gasteiger partial charge in [-0.1, -0.05) is 12.1 Å². The second-order valence-corrected chi connectivity index (χ2v) is 5.63. The van der Waals surface area contributed by atoms with Crippen molar-refractivity contribution in [2.24, 2.45) is 0 Å². The van der Waals surface area contributed by atoms with Crippen molar-refractivity contribution >= 4 is 11.7 Å². The molecule has 0 saturated heterocycles. The zero-order valence-electron chi connectivity index (χ0n) is 13.6. The predicted octanol–water partition coefficient (Wildman–Crippen LogP) is 2.54. The number of hydrogen-bond acceptors (Lipinski definition) is 3. The van der Waals surface area contributed by atoms with Gasteiger partial charge < -0.3 is 20.2 Å². The van der Waals surface area contributed by atoms with Crippen LogP contribution in [0.5, 0.6) is 0 Å². The maximum atomic E-state index is 12.3. The van der Waals surface area contributed by atoms with E-state index in [1.807, 2.05) is 57.1 Å². The van der Waals surface area contributed by atoms with E-state index in [0.717, 1.165) is 17.8 Å². The Kier molecular flexibility index (Phi) is 6.65. The van der Waals surface area contributed by atoms with Gasteiger partial charge in [-0.25, -0.2) is 4.79 Å². The van der Waals surface area contributed by atoms with Crippen molar-refractivity contribution < 1.29 is 9.90 Å². The molecule has 2 unspecified atom stereocenters. The molecule has 1 aromatic carbocycles. The lowest BCUT2D eigenvalue weighted by Gasteiger charge is -2.30. The van der Waals surface area contributed by atoms with Crippen LogP contribution < -0.4 is 5.32 Å². The Bertz CT molecular complexity index is 443. The third-order valence-electron chi connectivity index (χ3n) is 3.41. The van der Waals surface area contributed by atoms with E-state index in [4.69, 9.17) is 0 Å². The summed E-state index contributed by atoms with van der Waals surface area (Å²) in [6.45, 7) is 7.21. The molecule has 1 rings (SSSR count). The standard InChI is InChI=1S/C16H27N3O2/c1-6-19(12(2)11-18(4)5)16(21)17-15-9-7-14(8-10-15)13(3)20/h7-10,12-13,20H,6,11H2,1-5H3,(H,17,21). The molecule has 0 fully saturated rings. The van der Waals surface area contributed by atoms with Crippen molar-refractivity contribution in [3.05, 3.63) is 29.8 Å². The number of aliphatic hydroxyl groups is 1. The number of anilines is 1. The van der Waals surface area contributed by atoms with Crippen molar-refractivity contribution in [2.75, 3.05) is 32.5 Å². The molecule has 2 N–H and O–H groups in total. The summed E-state index contributed by atoms with van der Waals surface area (Å²) in [6.07, 6.45) is -0.498. The maximum Gasteiger partial charge on any atom is 0.322 e. The van der Waals surface area contributed by atoms with Crippen LogP contribution in [-0.4, -0.2) is 54.2 Å². The first kappa shape index (κ1) is 17.5. The molecule has 2 amide bonds. The highest BCUT2D eigenvalue weighted by Gasteiger charge is 2.19. The second kappa shape index (κ2) is 8.00. The van der Waals surface area contributed by atoms with Crippen molar-refractivity contribution in [1.29, 1.82) is 0 Å². The SMILES string of the molecule is CCN(C(=O)Nc1ccc(C(C)O)cc1)C(C)CN(C)C. The maximum absolute atomic E-state index is 12.3. The zero-order chi connectivity index (χ0) is 16.0. The summed E-state index contributed by atoms with van der Waals surface area (Å²) >= 11 is 0.